The normalized spacial score (nSPS) is 11.0. The van der Waals surface area contributed by atoms with Crippen LogP contribution in [0.3, 0.4) is 0 Å². The van der Waals surface area contributed by atoms with Crippen LogP contribution in [0, 0.1) is 11.6 Å². The van der Waals surface area contributed by atoms with E-state index in [1.54, 1.807) is 12.1 Å². The predicted molar refractivity (Wildman–Crippen MR) is 85.1 cm³/mol. The molecule has 5 heteroatoms. The van der Waals surface area contributed by atoms with Crippen LogP contribution in [0.1, 0.15) is 5.56 Å². The van der Waals surface area contributed by atoms with Gasteiger partial charge in [-0.2, -0.15) is 0 Å². The minimum atomic E-state index is -0.856. The minimum Gasteiger partial charge on any atom is -0.339 e. The fraction of sp³-hybridized carbons (Fsp3) is 0.118. The van der Waals surface area contributed by atoms with E-state index >= 15 is 0 Å². The van der Waals surface area contributed by atoms with Crippen LogP contribution in [-0.2, 0) is 12.8 Å². The van der Waals surface area contributed by atoms with Gasteiger partial charge in [-0.05, 0) is 18.2 Å². The van der Waals surface area contributed by atoms with Crippen molar-refractivity contribution in [3.63, 3.8) is 0 Å². The molecule has 3 rings (SSSR count). The standard InChI is InChI=1S/C17H13F2NOS/c1-20-14-8-3-2-6-12(14)15(21)9-16(20)22-10-11-5-4-7-13(18)17(11)19/h2-9H,10H2,1H3. The van der Waals surface area contributed by atoms with Crippen LogP contribution in [0.25, 0.3) is 10.9 Å². The Morgan fingerprint density at radius 2 is 1.86 bits per heavy atom. The second kappa shape index (κ2) is 5.93. The zero-order valence-electron chi connectivity index (χ0n) is 11.8. The number of para-hydroxylation sites is 1. The molecular weight excluding hydrogens is 304 g/mol. The first-order valence-electron chi connectivity index (χ1n) is 6.72. The van der Waals surface area contributed by atoms with Crippen molar-refractivity contribution in [3.05, 3.63) is 76.0 Å². The minimum absolute atomic E-state index is 0.0732. The average Bonchev–Trinajstić information content (AvgIpc) is 2.53. The fourth-order valence-electron chi connectivity index (χ4n) is 2.33. The number of aryl methyl sites for hydroxylation is 1. The number of fused-ring (bicyclic) bond motifs is 1. The first kappa shape index (κ1) is 14.8. The Bertz CT molecular complexity index is 905. The van der Waals surface area contributed by atoms with Crippen molar-refractivity contribution in [2.45, 2.75) is 10.8 Å². The van der Waals surface area contributed by atoms with E-state index in [9.17, 15) is 13.6 Å². The van der Waals surface area contributed by atoms with Crippen molar-refractivity contribution in [3.8, 4) is 0 Å². The fourth-order valence-corrected chi connectivity index (χ4v) is 3.34. The SMILES string of the molecule is Cn1c(SCc2cccc(F)c2F)cc(=O)c2ccccc21. The highest BCUT2D eigenvalue weighted by atomic mass is 32.2. The lowest BCUT2D eigenvalue weighted by atomic mass is 10.2. The van der Waals surface area contributed by atoms with E-state index in [4.69, 9.17) is 0 Å². The maximum absolute atomic E-state index is 13.7. The van der Waals surface area contributed by atoms with Crippen molar-refractivity contribution in [1.29, 1.82) is 0 Å². The summed E-state index contributed by atoms with van der Waals surface area (Å²) in [7, 11) is 1.85. The molecule has 0 aliphatic carbocycles. The third-order valence-electron chi connectivity index (χ3n) is 3.52. The van der Waals surface area contributed by atoms with E-state index in [-0.39, 0.29) is 16.7 Å². The van der Waals surface area contributed by atoms with Crippen LogP contribution in [0.5, 0.6) is 0 Å². The smallest absolute Gasteiger partial charge is 0.190 e. The molecule has 0 aliphatic rings. The van der Waals surface area contributed by atoms with Gasteiger partial charge in [0.25, 0.3) is 0 Å². The summed E-state index contributed by atoms with van der Waals surface area (Å²) in [5.74, 6) is -1.43. The van der Waals surface area contributed by atoms with Gasteiger partial charge in [0.2, 0.25) is 0 Å². The second-order valence-electron chi connectivity index (χ2n) is 4.92. The van der Waals surface area contributed by atoms with Crippen LogP contribution < -0.4 is 5.43 Å². The highest BCUT2D eigenvalue weighted by molar-refractivity contribution is 7.98. The van der Waals surface area contributed by atoms with Gasteiger partial charge in [0.05, 0.1) is 10.5 Å². The van der Waals surface area contributed by atoms with Crippen LogP contribution in [-0.4, -0.2) is 4.57 Å². The summed E-state index contributed by atoms with van der Waals surface area (Å²) in [6, 6.07) is 13.0. The summed E-state index contributed by atoms with van der Waals surface area (Å²) in [5.41, 5.74) is 1.03. The predicted octanol–water partition coefficient (Wildman–Crippen LogP) is 4.11. The van der Waals surface area contributed by atoms with Crippen molar-refractivity contribution < 1.29 is 8.78 Å². The highest BCUT2D eigenvalue weighted by Gasteiger charge is 2.10. The van der Waals surface area contributed by atoms with Gasteiger partial charge in [0.1, 0.15) is 0 Å². The Morgan fingerprint density at radius 1 is 1.09 bits per heavy atom. The molecule has 0 spiro atoms. The largest absolute Gasteiger partial charge is 0.339 e. The maximum atomic E-state index is 13.7. The molecule has 22 heavy (non-hydrogen) atoms. The molecule has 0 aliphatic heterocycles. The molecule has 0 amide bonds. The summed E-state index contributed by atoms with van der Waals surface area (Å²) in [5, 5.41) is 1.36. The third kappa shape index (κ3) is 2.64. The number of nitrogens with zero attached hydrogens (tertiary/aromatic N) is 1. The Morgan fingerprint density at radius 3 is 2.68 bits per heavy atom. The van der Waals surface area contributed by atoms with Crippen LogP contribution in [0.15, 0.2) is 58.4 Å². The van der Waals surface area contributed by atoms with E-state index in [2.05, 4.69) is 0 Å². The maximum Gasteiger partial charge on any atom is 0.190 e. The van der Waals surface area contributed by atoms with E-state index in [1.165, 1.54) is 23.9 Å². The molecule has 0 saturated heterocycles. The number of benzene rings is 2. The molecule has 112 valence electrons. The molecule has 0 atom stereocenters. The number of hydrogen-bond acceptors (Lipinski definition) is 2. The molecule has 0 unspecified atom stereocenters. The van der Waals surface area contributed by atoms with Gasteiger partial charge in [0.15, 0.2) is 17.1 Å². The van der Waals surface area contributed by atoms with E-state index < -0.39 is 11.6 Å². The summed E-state index contributed by atoms with van der Waals surface area (Å²) in [6.45, 7) is 0. The number of rotatable bonds is 3. The summed E-state index contributed by atoms with van der Waals surface area (Å²) >= 11 is 1.31. The van der Waals surface area contributed by atoms with Gasteiger partial charge in [-0.25, -0.2) is 8.78 Å². The Labute approximate surface area is 130 Å². The first-order valence-corrected chi connectivity index (χ1v) is 7.71. The lowest BCUT2D eigenvalue weighted by Gasteiger charge is -2.12. The number of halogens is 2. The van der Waals surface area contributed by atoms with E-state index in [0.29, 0.717) is 10.4 Å². The quantitative estimate of drug-likeness (QED) is 0.678. The average molecular weight is 317 g/mol. The van der Waals surface area contributed by atoms with Crippen molar-refractivity contribution in [1.82, 2.24) is 4.57 Å². The molecule has 0 N–H and O–H groups in total. The lowest BCUT2D eigenvalue weighted by molar-refractivity contribution is 0.502. The number of hydrogen-bond donors (Lipinski definition) is 0. The molecule has 2 aromatic carbocycles. The van der Waals surface area contributed by atoms with Crippen LogP contribution >= 0.6 is 11.8 Å². The second-order valence-corrected chi connectivity index (χ2v) is 5.92. The summed E-state index contributed by atoms with van der Waals surface area (Å²) in [4.78, 5) is 12.1. The van der Waals surface area contributed by atoms with Gasteiger partial charge in [-0.1, -0.05) is 24.3 Å². The summed E-state index contributed by atoms with van der Waals surface area (Å²) in [6.07, 6.45) is 0. The Hall–Kier alpha value is -2.14. The molecule has 0 bridgehead atoms. The van der Waals surface area contributed by atoms with Crippen LogP contribution in [0.2, 0.25) is 0 Å². The first-order chi connectivity index (χ1) is 10.6. The highest BCUT2D eigenvalue weighted by Crippen LogP contribution is 2.25. The Kier molecular flexibility index (Phi) is 3.98. The van der Waals surface area contributed by atoms with Crippen LogP contribution in [0.4, 0.5) is 8.78 Å². The third-order valence-corrected chi connectivity index (χ3v) is 4.67. The van der Waals surface area contributed by atoms with Gasteiger partial charge < -0.3 is 4.57 Å². The number of aromatic nitrogens is 1. The van der Waals surface area contributed by atoms with Gasteiger partial charge in [0, 0.05) is 29.8 Å². The zero-order valence-corrected chi connectivity index (χ0v) is 12.7. The Balaban J connectivity index is 1.96. The number of thioether (sulfide) groups is 1. The van der Waals surface area contributed by atoms with Gasteiger partial charge >= 0.3 is 0 Å². The zero-order chi connectivity index (χ0) is 15.7. The van der Waals surface area contributed by atoms with E-state index in [1.807, 2.05) is 29.8 Å². The van der Waals surface area contributed by atoms with Gasteiger partial charge in [-0.15, -0.1) is 11.8 Å². The molecule has 0 saturated carbocycles. The lowest BCUT2D eigenvalue weighted by Crippen LogP contribution is -2.08. The monoisotopic (exact) mass is 317 g/mol. The van der Waals surface area contributed by atoms with Gasteiger partial charge in [-0.3, -0.25) is 4.79 Å². The molecule has 1 aromatic heterocycles. The topological polar surface area (TPSA) is 22.0 Å². The number of pyridine rings is 1. The molecule has 1 heterocycles. The molecule has 0 radical (unpaired) electrons. The van der Waals surface area contributed by atoms with Crippen molar-refractivity contribution >= 4 is 22.7 Å². The summed E-state index contributed by atoms with van der Waals surface area (Å²) < 4.78 is 28.8. The van der Waals surface area contributed by atoms with Crippen molar-refractivity contribution in [2.75, 3.05) is 0 Å². The van der Waals surface area contributed by atoms with Crippen molar-refractivity contribution in [2.24, 2.45) is 7.05 Å². The molecule has 0 fully saturated rings. The molecular formula is C17H13F2NOS. The molecule has 2 nitrogen and oxygen atoms in total. The molecule has 3 aromatic rings. The van der Waals surface area contributed by atoms with E-state index in [0.717, 1.165) is 11.6 Å².